The Bertz CT molecular complexity index is 433. The van der Waals surface area contributed by atoms with E-state index >= 15 is 0 Å². The van der Waals surface area contributed by atoms with Gasteiger partial charge in [0.2, 0.25) is 5.91 Å². The second-order valence-corrected chi connectivity index (χ2v) is 7.59. The van der Waals surface area contributed by atoms with Crippen LogP contribution in [0.5, 0.6) is 0 Å². The highest BCUT2D eigenvalue weighted by Crippen LogP contribution is 2.30. The summed E-state index contributed by atoms with van der Waals surface area (Å²) < 4.78 is 0. The standard InChI is InChI=1S/C15H24N2OS2/c1-10(2)13-15(18)17(7-11(3)8-19-4)14(16-13)12-5-6-20-9-12/h5-6,9-11,13-14,16H,7-8H2,1-4H3. The number of rotatable bonds is 6. The van der Waals surface area contributed by atoms with Crippen molar-refractivity contribution >= 4 is 29.0 Å². The molecule has 1 aromatic rings. The molecule has 3 atom stereocenters. The third-order valence-electron chi connectivity index (χ3n) is 3.68. The fourth-order valence-electron chi connectivity index (χ4n) is 2.69. The van der Waals surface area contributed by atoms with E-state index in [2.05, 4.69) is 49.2 Å². The van der Waals surface area contributed by atoms with Crippen LogP contribution in [0.4, 0.5) is 0 Å². The molecule has 0 radical (unpaired) electrons. The van der Waals surface area contributed by atoms with Gasteiger partial charge in [0.25, 0.3) is 0 Å². The van der Waals surface area contributed by atoms with Gasteiger partial charge in [-0.2, -0.15) is 23.1 Å². The fourth-order valence-corrected chi connectivity index (χ4v) is 4.04. The molecule has 1 aromatic heterocycles. The predicted octanol–water partition coefficient (Wildman–Crippen LogP) is 3.20. The van der Waals surface area contributed by atoms with Gasteiger partial charge in [0, 0.05) is 6.54 Å². The van der Waals surface area contributed by atoms with Crippen molar-refractivity contribution in [3.8, 4) is 0 Å². The summed E-state index contributed by atoms with van der Waals surface area (Å²) in [5.41, 5.74) is 1.21. The summed E-state index contributed by atoms with van der Waals surface area (Å²) >= 11 is 3.53. The number of nitrogens with zero attached hydrogens (tertiary/aromatic N) is 1. The zero-order valence-electron chi connectivity index (χ0n) is 12.6. The molecule has 3 unspecified atom stereocenters. The van der Waals surface area contributed by atoms with Gasteiger partial charge >= 0.3 is 0 Å². The molecule has 1 saturated heterocycles. The maximum Gasteiger partial charge on any atom is 0.241 e. The average molecular weight is 313 g/mol. The summed E-state index contributed by atoms with van der Waals surface area (Å²) in [7, 11) is 0. The number of carbonyl (C=O) groups excluding carboxylic acids is 1. The van der Waals surface area contributed by atoms with Gasteiger partial charge in [-0.15, -0.1) is 0 Å². The van der Waals surface area contributed by atoms with Gasteiger partial charge in [0.1, 0.15) is 6.17 Å². The first-order chi connectivity index (χ1) is 9.54. The lowest BCUT2D eigenvalue weighted by Crippen LogP contribution is -2.36. The van der Waals surface area contributed by atoms with Gasteiger partial charge in [0.05, 0.1) is 6.04 Å². The second-order valence-electron chi connectivity index (χ2n) is 5.90. The van der Waals surface area contributed by atoms with Crippen LogP contribution < -0.4 is 5.32 Å². The normalized spacial score (nSPS) is 24.6. The Labute approximate surface area is 130 Å². The van der Waals surface area contributed by atoms with E-state index < -0.39 is 0 Å². The monoisotopic (exact) mass is 312 g/mol. The molecular weight excluding hydrogens is 288 g/mol. The maximum absolute atomic E-state index is 12.7. The van der Waals surface area contributed by atoms with Crippen molar-refractivity contribution < 1.29 is 4.79 Å². The molecule has 0 bridgehead atoms. The van der Waals surface area contributed by atoms with Crippen LogP contribution in [0, 0.1) is 11.8 Å². The highest BCUT2D eigenvalue weighted by Gasteiger charge is 2.41. The molecule has 1 aliphatic heterocycles. The van der Waals surface area contributed by atoms with E-state index in [9.17, 15) is 4.79 Å². The molecule has 2 heterocycles. The van der Waals surface area contributed by atoms with Gasteiger partial charge < -0.3 is 4.90 Å². The van der Waals surface area contributed by atoms with Crippen molar-refractivity contribution in [2.24, 2.45) is 11.8 Å². The number of hydrogen-bond acceptors (Lipinski definition) is 4. The van der Waals surface area contributed by atoms with Crippen LogP contribution in [0.25, 0.3) is 0 Å². The minimum atomic E-state index is -0.0543. The van der Waals surface area contributed by atoms with Crippen LogP contribution in [-0.4, -0.2) is 35.4 Å². The number of amides is 1. The molecule has 1 fully saturated rings. The zero-order valence-corrected chi connectivity index (χ0v) is 14.3. The van der Waals surface area contributed by atoms with E-state index in [0.29, 0.717) is 11.8 Å². The number of thioether (sulfide) groups is 1. The van der Waals surface area contributed by atoms with E-state index in [4.69, 9.17) is 0 Å². The van der Waals surface area contributed by atoms with Crippen molar-refractivity contribution in [2.75, 3.05) is 18.6 Å². The Morgan fingerprint density at radius 3 is 2.75 bits per heavy atom. The lowest BCUT2D eigenvalue weighted by Gasteiger charge is -2.26. The molecule has 20 heavy (non-hydrogen) atoms. The lowest BCUT2D eigenvalue weighted by atomic mass is 10.0. The molecule has 1 amide bonds. The summed E-state index contributed by atoms with van der Waals surface area (Å²) in [6, 6.07) is 2.06. The van der Waals surface area contributed by atoms with E-state index in [1.807, 2.05) is 16.7 Å². The zero-order chi connectivity index (χ0) is 14.7. The van der Waals surface area contributed by atoms with E-state index in [0.717, 1.165) is 12.3 Å². The molecule has 0 saturated carbocycles. The largest absolute Gasteiger partial charge is 0.321 e. The minimum Gasteiger partial charge on any atom is -0.321 e. The predicted molar refractivity (Wildman–Crippen MR) is 88.1 cm³/mol. The van der Waals surface area contributed by atoms with Crippen LogP contribution in [0.15, 0.2) is 16.8 Å². The highest BCUT2D eigenvalue weighted by molar-refractivity contribution is 7.98. The lowest BCUT2D eigenvalue weighted by molar-refractivity contribution is -0.131. The van der Waals surface area contributed by atoms with Crippen LogP contribution in [0.2, 0.25) is 0 Å². The number of nitrogens with one attached hydrogen (secondary N) is 1. The number of carbonyl (C=O) groups is 1. The Morgan fingerprint density at radius 1 is 1.45 bits per heavy atom. The molecule has 1 aliphatic rings. The van der Waals surface area contributed by atoms with Gasteiger partial charge in [0.15, 0.2) is 0 Å². The van der Waals surface area contributed by atoms with Crippen molar-refractivity contribution in [3.63, 3.8) is 0 Å². The molecule has 3 nitrogen and oxygen atoms in total. The topological polar surface area (TPSA) is 32.3 Å². The Balaban J connectivity index is 2.17. The molecule has 112 valence electrons. The third kappa shape index (κ3) is 3.38. The summed E-state index contributed by atoms with van der Waals surface area (Å²) in [6.07, 6.45) is 2.17. The molecular formula is C15H24N2OS2. The van der Waals surface area contributed by atoms with E-state index in [1.165, 1.54) is 5.56 Å². The van der Waals surface area contributed by atoms with Crippen LogP contribution in [-0.2, 0) is 4.79 Å². The number of hydrogen-bond donors (Lipinski definition) is 1. The Morgan fingerprint density at radius 2 is 2.20 bits per heavy atom. The SMILES string of the molecule is CSCC(C)CN1C(=O)C(C(C)C)NC1c1ccsc1. The first-order valence-corrected chi connectivity index (χ1v) is 9.45. The Hall–Kier alpha value is -0.520. The van der Waals surface area contributed by atoms with Crippen molar-refractivity contribution in [2.45, 2.75) is 33.0 Å². The molecule has 0 spiro atoms. The smallest absolute Gasteiger partial charge is 0.241 e. The van der Waals surface area contributed by atoms with Gasteiger partial charge in [-0.1, -0.05) is 20.8 Å². The van der Waals surface area contributed by atoms with Crippen LogP contribution in [0.3, 0.4) is 0 Å². The van der Waals surface area contributed by atoms with Crippen molar-refractivity contribution in [1.82, 2.24) is 10.2 Å². The second kappa shape index (κ2) is 6.96. The summed E-state index contributed by atoms with van der Waals surface area (Å²) in [5, 5.41) is 7.73. The summed E-state index contributed by atoms with van der Waals surface area (Å²) in [4.78, 5) is 14.7. The van der Waals surface area contributed by atoms with Crippen molar-refractivity contribution in [1.29, 1.82) is 0 Å². The molecule has 2 rings (SSSR count). The third-order valence-corrected chi connectivity index (χ3v) is 5.29. The van der Waals surface area contributed by atoms with Crippen LogP contribution >= 0.6 is 23.1 Å². The summed E-state index contributed by atoms with van der Waals surface area (Å²) in [6.45, 7) is 7.26. The maximum atomic E-state index is 12.7. The van der Waals surface area contributed by atoms with Gasteiger partial charge in [-0.3, -0.25) is 10.1 Å². The Kier molecular flexibility index (Phi) is 5.52. The van der Waals surface area contributed by atoms with Crippen LogP contribution in [0.1, 0.15) is 32.5 Å². The average Bonchev–Trinajstić information content (AvgIpc) is 2.99. The molecule has 0 aromatic carbocycles. The van der Waals surface area contributed by atoms with E-state index in [-0.39, 0.29) is 18.1 Å². The molecule has 0 aliphatic carbocycles. The molecule has 5 heteroatoms. The summed E-state index contributed by atoms with van der Waals surface area (Å²) in [5.74, 6) is 2.18. The first kappa shape index (κ1) is 15.9. The minimum absolute atomic E-state index is 0.0467. The van der Waals surface area contributed by atoms with Crippen molar-refractivity contribution in [3.05, 3.63) is 22.4 Å². The van der Waals surface area contributed by atoms with Gasteiger partial charge in [-0.25, -0.2) is 0 Å². The first-order valence-electron chi connectivity index (χ1n) is 7.12. The van der Waals surface area contributed by atoms with Gasteiger partial charge in [-0.05, 0) is 46.2 Å². The number of thiophene rings is 1. The quantitative estimate of drug-likeness (QED) is 0.875. The highest BCUT2D eigenvalue weighted by atomic mass is 32.2. The fraction of sp³-hybridized carbons (Fsp3) is 0.667. The molecule has 1 N–H and O–H groups in total. The van der Waals surface area contributed by atoms with E-state index in [1.54, 1.807) is 11.3 Å².